The van der Waals surface area contributed by atoms with Crippen LogP contribution in [0, 0.1) is 11.3 Å². The Kier molecular flexibility index (Phi) is 4.65. The average Bonchev–Trinajstić information content (AvgIpc) is 3.21. The Bertz CT molecular complexity index is 1150. The molecule has 138 valence electrons. The zero-order valence-electron chi connectivity index (χ0n) is 15.8. The van der Waals surface area contributed by atoms with Gasteiger partial charge in [0.15, 0.2) is 5.65 Å². The first kappa shape index (κ1) is 17.6. The maximum atomic E-state index is 9.30. The van der Waals surface area contributed by atoms with Gasteiger partial charge in [0.2, 0.25) is 0 Å². The number of anilines is 2. The molecular formula is C22H20N6. The van der Waals surface area contributed by atoms with E-state index in [2.05, 4.69) is 45.7 Å². The van der Waals surface area contributed by atoms with E-state index >= 15 is 0 Å². The van der Waals surface area contributed by atoms with E-state index in [1.54, 1.807) is 10.7 Å². The molecule has 0 fully saturated rings. The maximum Gasteiger partial charge on any atom is 0.159 e. The van der Waals surface area contributed by atoms with Crippen molar-refractivity contribution < 1.29 is 0 Å². The van der Waals surface area contributed by atoms with Crippen molar-refractivity contribution in [3.63, 3.8) is 0 Å². The fraction of sp³-hybridized carbons (Fsp3) is 0.136. The first-order chi connectivity index (χ1) is 13.7. The topological polar surface area (TPSA) is 69.2 Å². The summed E-state index contributed by atoms with van der Waals surface area (Å²) in [6.07, 6.45) is 1.74. The highest BCUT2D eigenvalue weighted by Gasteiger charge is 2.08. The molecule has 1 N–H and O–H groups in total. The third kappa shape index (κ3) is 3.38. The van der Waals surface area contributed by atoms with E-state index in [4.69, 9.17) is 0 Å². The SMILES string of the molecule is CN(C)c1cc(NCc2ccc(-c3ccccc3C#N)cc2)n2nccc2n1. The highest BCUT2D eigenvalue weighted by molar-refractivity contribution is 5.70. The Labute approximate surface area is 163 Å². The highest BCUT2D eigenvalue weighted by atomic mass is 15.3. The van der Waals surface area contributed by atoms with Crippen molar-refractivity contribution in [3.05, 3.63) is 78.0 Å². The summed E-state index contributed by atoms with van der Waals surface area (Å²) in [4.78, 5) is 6.54. The van der Waals surface area contributed by atoms with Crippen LogP contribution in [0.2, 0.25) is 0 Å². The molecule has 0 spiro atoms. The molecule has 4 aromatic rings. The van der Waals surface area contributed by atoms with E-state index in [0.717, 1.165) is 34.0 Å². The fourth-order valence-corrected chi connectivity index (χ4v) is 3.08. The summed E-state index contributed by atoms with van der Waals surface area (Å²) in [6, 6.07) is 22.0. The van der Waals surface area contributed by atoms with Crippen molar-refractivity contribution in [2.24, 2.45) is 0 Å². The van der Waals surface area contributed by atoms with Gasteiger partial charge >= 0.3 is 0 Å². The maximum absolute atomic E-state index is 9.30. The van der Waals surface area contributed by atoms with Crippen molar-refractivity contribution in [3.8, 4) is 17.2 Å². The van der Waals surface area contributed by atoms with E-state index in [1.807, 2.05) is 55.4 Å². The van der Waals surface area contributed by atoms with Gasteiger partial charge in [-0.1, -0.05) is 42.5 Å². The summed E-state index contributed by atoms with van der Waals surface area (Å²) >= 11 is 0. The summed E-state index contributed by atoms with van der Waals surface area (Å²) in [5.41, 5.74) is 4.61. The third-order valence-electron chi connectivity index (χ3n) is 4.59. The molecule has 28 heavy (non-hydrogen) atoms. The molecular weight excluding hydrogens is 348 g/mol. The van der Waals surface area contributed by atoms with Crippen molar-refractivity contribution in [1.29, 1.82) is 5.26 Å². The van der Waals surface area contributed by atoms with Crippen LogP contribution in [0.3, 0.4) is 0 Å². The Morgan fingerprint density at radius 1 is 1.07 bits per heavy atom. The Morgan fingerprint density at radius 3 is 2.61 bits per heavy atom. The van der Waals surface area contributed by atoms with Gasteiger partial charge in [0, 0.05) is 32.8 Å². The van der Waals surface area contributed by atoms with Gasteiger partial charge in [-0.15, -0.1) is 0 Å². The second-order valence-corrected chi connectivity index (χ2v) is 6.70. The molecule has 6 nitrogen and oxygen atoms in total. The van der Waals surface area contributed by atoms with E-state index in [1.165, 1.54) is 0 Å². The van der Waals surface area contributed by atoms with Crippen LogP contribution >= 0.6 is 0 Å². The Hall–Kier alpha value is -3.85. The molecule has 2 aromatic carbocycles. The number of fused-ring (bicyclic) bond motifs is 1. The van der Waals surface area contributed by atoms with Crippen molar-refractivity contribution in [2.75, 3.05) is 24.3 Å². The molecule has 0 bridgehead atoms. The van der Waals surface area contributed by atoms with Crippen LogP contribution in [0.15, 0.2) is 66.9 Å². The quantitative estimate of drug-likeness (QED) is 0.578. The molecule has 0 unspecified atom stereocenters. The molecule has 0 saturated heterocycles. The molecule has 0 radical (unpaired) electrons. The molecule has 0 aliphatic rings. The van der Waals surface area contributed by atoms with Gasteiger partial charge in [0.05, 0.1) is 17.8 Å². The minimum Gasteiger partial charge on any atom is -0.366 e. The van der Waals surface area contributed by atoms with E-state index < -0.39 is 0 Å². The number of nitriles is 1. The minimum absolute atomic E-state index is 0.659. The Morgan fingerprint density at radius 2 is 1.86 bits per heavy atom. The lowest BCUT2D eigenvalue weighted by Crippen LogP contribution is -2.13. The average molecular weight is 368 g/mol. The van der Waals surface area contributed by atoms with Crippen molar-refractivity contribution in [2.45, 2.75) is 6.54 Å². The zero-order valence-corrected chi connectivity index (χ0v) is 15.8. The number of benzene rings is 2. The minimum atomic E-state index is 0.659. The molecule has 2 heterocycles. The number of hydrogen-bond donors (Lipinski definition) is 1. The molecule has 4 rings (SSSR count). The second kappa shape index (κ2) is 7.41. The molecule has 0 aliphatic heterocycles. The summed E-state index contributed by atoms with van der Waals surface area (Å²) in [5, 5.41) is 17.1. The van der Waals surface area contributed by atoms with Crippen LogP contribution in [0.5, 0.6) is 0 Å². The summed E-state index contributed by atoms with van der Waals surface area (Å²) in [6.45, 7) is 0.659. The first-order valence-electron chi connectivity index (χ1n) is 9.00. The predicted molar refractivity (Wildman–Crippen MR) is 111 cm³/mol. The van der Waals surface area contributed by atoms with Crippen molar-refractivity contribution in [1.82, 2.24) is 14.6 Å². The van der Waals surface area contributed by atoms with Crippen LogP contribution in [-0.4, -0.2) is 28.7 Å². The van der Waals surface area contributed by atoms with E-state index in [0.29, 0.717) is 12.1 Å². The molecule has 6 heteroatoms. The second-order valence-electron chi connectivity index (χ2n) is 6.70. The smallest absolute Gasteiger partial charge is 0.159 e. The summed E-state index contributed by atoms with van der Waals surface area (Å²) in [5.74, 6) is 1.76. The van der Waals surface area contributed by atoms with E-state index in [9.17, 15) is 5.26 Å². The van der Waals surface area contributed by atoms with E-state index in [-0.39, 0.29) is 0 Å². The third-order valence-corrected chi connectivity index (χ3v) is 4.59. The number of nitrogens with one attached hydrogen (secondary N) is 1. The normalized spacial score (nSPS) is 10.6. The summed E-state index contributed by atoms with van der Waals surface area (Å²) < 4.78 is 1.80. The lowest BCUT2D eigenvalue weighted by Gasteiger charge is -2.15. The van der Waals surface area contributed by atoms with Crippen LogP contribution in [-0.2, 0) is 6.54 Å². The van der Waals surface area contributed by atoms with Gasteiger partial charge in [0.25, 0.3) is 0 Å². The van der Waals surface area contributed by atoms with Gasteiger partial charge in [-0.25, -0.2) is 4.98 Å². The van der Waals surface area contributed by atoms with Crippen LogP contribution in [0.4, 0.5) is 11.6 Å². The molecule has 2 aromatic heterocycles. The largest absolute Gasteiger partial charge is 0.366 e. The number of rotatable bonds is 5. The molecule has 0 atom stereocenters. The van der Waals surface area contributed by atoms with Crippen LogP contribution in [0.1, 0.15) is 11.1 Å². The Balaban J connectivity index is 1.56. The van der Waals surface area contributed by atoms with Gasteiger partial charge < -0.3 is 10.2 Å². The number of aromatic nitrogens is 3. The predicted octanol–water partition coefficient (Wildman–Crippen LogP) is 3.95. The van der Waals surface area contributed by atoms with Gasteiger partial charge in [-0.3, -0.25) is 0 Å². The van der Waals surface area contributed by atoms with Gasteiger partial charge in [-0.05, 0) is 22.8 Å². The molecule has 0 amide bonds. The standard InChI is InChI=1S/C22H20N6/c1-27(2)22-13-21(28-20(26-22)11-12-25-28)24-15-16-7-9-17(10-8-16)19-6-4-3-5-18(19)14-23/h3-13,24H,15H2,1-2H3. The highest BCUT2D eigenvalue weighted by Crippen LogP contribution is 2.24. The monoisotopic (exact) mass is 368 g/mol. The summed E-state index contributed by atoms with van der Waals surface area (Å²) in [7, 11) is 3.94. The van der Waals surface area contributed by atoms with Gasteiger partial charge in [0.1, 0.15) is 11.6 Å². The van der Waals surface area contributed by atoms with Crippen molar-refractivity contribution >= 4 is 17.3 Å². The molecule has 0 saturated carbocycles. The molecule has 0 aliphatic carbocycles. The number of nitrogens with zero attached hydrogens (tertiary/aromatic N) is 5. The zero-order chi connectivity index (χ0) is 19.5. The van der Waals surface area contributed by atoms with Gasteiger partial charge in [-0.2, -0.15) is 14.9 Å². The first-order valence-corrected chi connectivity index (χ1v) is 9.00. The number of hydrogen-bond acceptors (Lipinski definition) is 5. The lowest BCUT2D eigenvalue weighted by atomic mass is 9.99. The lowest BCUT2D eigenvalue weighted by molar-refractivity contribution is 0.916. The van der Waals surface area contributed by atoms with Crippen LogP contribution in [0.25, 0.3) is 16.8 Å². The van der Waals surface area contributed by atoms with Crippen LogP contribution < -0.4 is 10.2 Å². The fourth-order valence-electron chi connectivity index (χ4n) is 3.08.